The molecule has 4 nitrogen and oxygen atoms in total. The Morgan fingerprint density at radius 2 is 2.00 bits per heavy atom. The zero-order valence-corrected chi connectivity index (χ0v) is 9.49. The molecule has 0 fully saturated rings. The number of likely N-dealkylation sites (N-methyl/N-ethyl adjacent to an activating group) is 1. The van der Waals surface area contributed by atoms with Gasteiger partial charge in [0, 0.05) is 6.54 Å². The molecule has 0 bridgehead atoms. The molecule has 0 aliphatic rings. The quantitative estimate of drug-likeness (QED) is 0.616. The van der Waals surface area contributed by atoms with Crippen LogP contribution in [0, 0.1) is 5.92 Å². The van der Waals surface area contributed by atoms with Crippen molar-refractivity contribution in [2.24, 2.45) is 17.4 Å². The summed E-state index contributed by atoms with van der Waals surface area (Å²) in [6, 6.07) is -0.144. The third-order valence-electron chi connectivity index (χ3n) is 2.51. The molecule has 14 heavy (non-hydrogen) atoms. The predicted octanol–water partition coefficient (Wildman–Crippen LogP) is 0.167. The van der Waals surface area contributed by atoms with Crippen LogP contribution in [0.4, 0.5) is 0 Å². The van der Waals surface area contributed by atoms with Gasteiger partial charge in [-0.2, -0.15) is 0 Å². The van der Waals surface area contributed by atoms with Gasteiger partial charge >= 0.3 is 0 Å². The van der Waals surface area contributed by atoms with Gasteiger partial charge in [0.05, 0.1) is 6.04 Å². The van der Waals surface area contributed by atoms with E-state index in [0.29, 0.717) is 12.5 Å². The SMILES string of the molecule is CCC(C(N)=O)N(CC)CC(C)CN. The lowest BCUT2D eigenvalue weighted by Crippen LogP contribution is -2.46. The molecular formula is C10H23N3O. The molecule has 2 atom stereocenters. The molecule has 0 heterocycles. The maximum atomic E-state index is 11.2. The summed E-state index contributed by atoms with van der Waals surface area (Å²) in [5.41, 5.74) is 10.9. The molecule has 0 aliphatic heterocycles. The number of amides is 1. The van der Waals surface area contributed by atoms with Gasteiger partial charge in [-0.3, -0.25) is 9.69 Å². The second-order valence-corrected chi connectivity index (χ2v) is 3.75. The van der Waals surface area contributed by atoms with E-state index in [2.05, 4.69) is 11.8 Å². The first-order valence-corrected chi connectivity index (χ1v) is 5.30. The number of hydrogen-bond donors (Lipinski definition) is 2. The number of primary amides is 1. The lowest BCUT2D eigenvalue weighted by molar-refractivity contribution is -0.123. The van der Waals surface area contributed by atoms with Gasteiger partial charge in [-0.05, 0) is 25.4 Å². The maximum absolute atomic E-state index is 11.2. The summed E-state index contributed by atoms with van der Waals surface area (Å²) >= 11 is 0. The normalized spacial score (nSPS) is 15.5. The summed E-state index contributed by atoms with van der Waals surface area (Å²) in [6.07, 6.45) is 0.764. The van der Waals surface area contributed by atoms with Crippen molar-refractivity contribution in [2.45, 2.75) is 33.2 Å². The Bertz CT molecular complexity index is 173. The van der Waals surface area contributed by atoms with Gasteiger partial charge in [0.25, 0.3) is 0 Å². The molecule has 0 rings (SSSR count). The van der Waals surface area contributed by atoms with Crippen LogP contribution in [0.3, 0.4) is 0 Å². The Hall–Kier alpha value is -0.610. The highest BCUT2D eigenvalue weighted by atomic mass is 16.1. The Labute approximate surface area is 86.6 Å². The molecule has 2 unspecified atom stereocenters. The number of nitrogens with zero attached hydrogens (tertiary/aromatic N) is 1. The van der Waals surface area contributed by atoms with E-state index in [4.69, 9.17) is 11.5 Å². The van der Waals surface area contributed by atoms with Crippen LogP contribution in [0.2, 0.25) is 0 Å². The van der Waals surface area contributed by atoms with E-state index in [0.717, 1.165) is 19.5 Å². The van der Waals surface area contributed by atoms with Gasteiger partial charge in [0.15, 0.2) is 0 Å². The molecule has 0 aliphatic carbocycles. The molecule has 0 aromatic carbocycles. The Morgan fingerprint density at radius 3 is 2.29 bits per heavy atom. The molecule has 0 aromatic rings. The largest absolute Gasteiger partial charge is 0.368 e. The van der Waals surface area contributed by atoms with Crippen molar-refractivity contribution in [3.8, 4) is 0 Å². The lowest BCUT2D eigenvalue weighted by atomic mass is 10.1. The molecule has 0 saturated heterocycles. The number of rotatable bonds is 7. The predicted molar refractivity (Wildman–Crippen MR) is 58.7 cm³/mol. The number of nitrogens with two attached hydrogens (primary N) is 2. The third kappa shape index (κ3) is 4.07. The molecule has 0 saturated carbocycles. The third-order valence-corrected chi connectivity index (χ3v) is 2.51. The zero-order chi connectivity index (χ0) is 11.1. The van der Waals surface area contributed by atoms with E-state index in [9.17, 15) is 4.79 Å². The van der Waals surface area contributed by atoms with Gasteiger partial charge in [-0.1, -0.05) is 20.8 Å². The molecule has 0 spiro atoms. The first-order valence-electron chi connectivity index (χ1n) is 5.30. The van der Waals surface area contributed by atoms with Gasteiger partial charge in [0.1, 0.15) is 0 Å². The summed E-state index contributed by atoms with van der Waals surface area (Å²) in [6.45, 7) is 8.42. The fourth-order valence-electron chi connectivity index (χ4n) is 1.59. The van der Waals surface area contributed by atoms with Crippen LogP contribution in [-0.4, -0.2) is 36.5 Å². The van der Waals surface area contributed by atoms with Gasteiger partial charge < -0.3 is 11.5 Å². The Balaban J connectivity index is 4.28. The molecule has 4 heteroatoms. The van der Waals surface area contributed by atoms with Crippen LogP contribution in [0.1, 0.15) is 27.2 Å². The van der Waals surface area contributed by atoms with E-state index in [1.165, 1.54) is 0 Å². The maximum Gasteiger partial charge on any atom is 0.234 e. The molecule has 1 amide bonds. The van der Waals surface area contributed by atoms with Crippen molar-refractivity contribution in [2.75, 3.05) is 19.6 Å². The van der Waals surface area contributed by atoms with Gasteiger partial charge in [-0.15, -0.1) is 0 Å². The summed E-state index contributed by atoms with van der Waals surface area (Å²) in [7, 11) is 0. The van der Waals surface area contributed by atoms with Crippen molar-refractivity contribution in [3.05, 3.63) is 0 Å². The highest BCUT2D eigenvalue weighted by molar-refractivity contribution is 5.79. The molecule has 84 valence electrons. The second-order valence-electron chi connectivity index (χ2n) is 3.75. The number of carbonyl (C=O) groups is 1. The summed E-state index contributed by atoms with van der Waals surface area (Å²) in [5.74, 6) is 0.168. The van der Waals surface area contributed by atoms with Crippen LogP contribution >= 0.6 is 0 Å². The Kier molecular flexibility index (Phi) is 6.49. The zero-order valence-electron chi connectivity index (χ0n) is 9.49. The van der Waals surface area contributed by atoms with Crippen LogP contribution in [-0.2, 0) is 4.79 Å². The lowest BCUT2D eigenvalue weighted by Gasteiger charge is -2.29. The summed E-state index contributed by atoms with van der Waals surface area (Å²) < 4.78 is 0. The van der Waals surface area contributed by atoms with E-state index < -0.39 is 0 Å². The molecule has 0 aromatic heterocycles. The molecule has 0 radical (unpaired) electrons. The van der Waals surface area contributed by atoms with E-state index in [1.54, 1.807) is 0 Å². The smallest absolute Gasteiger partial charge is 0.234 e. The van der Waals surface area contributed by atoms with Gasteiger partial charge in [-0.25, -0.2) is 0 Å². The Morgan fingerprint density at radius 1 is 1.43 bits per heavy atom. The fourth-order valence-corrected chi connectivity index (χ4v) is 1.59. The van der Waals surface area contributed by atoms with E-state index in [1.807, 2.05) is 13.8 Å². The highest BCUT2D eigenvalue weighted by Gasteiger charge is 2.21. The minimum Gasteiger partial charge on any atom is -0.368 e. The van der Waals surface area contributed by atoms with Crippen LogP contribution in [0.25, 0.3) is 0 Å². The van der Waals surface area contributed by atoms with Crippen molar-refractivity contribution in [3.63, 3.8) is 0 Å². The molecule has 4 N–H and O–H groups in total. The summed E-state index contributed by atoms with van der Waals surface area (Å²) in [4.78, 5) is 13.2. The first-order chi connectivity index (χ1) is 6.56. The summed E-state index contributed by atoms with van der Waals surface area (Å²) in [5, 5.41) is 0. The minimum atomic E-state index is -0.237. The van der Waals surface area contributed by atoms with E-state index in [-0.39, 0.29) is 11.9 Å². The van der Waals surface area contributed by atoms with Crippen LogP contribution < -0.4 is 11.5 Å². The fraction of sp³-hybridized carbons (Fsp3) is 0.900. The van der Waals surface area contributed by atoms with Crippen molar-refractivity contribution in [1.82, 2.24) is 4.90 Å². The average molecular weight is 201 g/mol. The van der Waals surface area contributed by atoms with Crippen molar-refractivity contribution in [1.29, 1.82) is 0 Å². The number of hydrogen-bond acceptors (Lipinski definition) is 3. The standard InChI is InChI=1S/C10H23N3O/c1-4-9(10(12)14)13(5-2)7-8(3)6-11/h8-9H,4-7,11H2,1-3H3,(H2,12,14). The van der Waals surface area contributed by atoms with Gasteiger partial charge in [0.2, 0.25) is 5.91 Å². The van der Waals surface area contributed by atoms with E-state index >= 15 is 0 Å². The van der Waals surface area contributed by atoms with Crippen LogP contribution in [0.5, 0.6) is 0 Å². The van der Waals surface area contributed by atoms with Crippen molar-refractivity contribution < 1.29 is 4.79 Å². The highest BCUT2D eigenvalue weighted by Crippen LogP contribution is 2.06. The second kappa shape index (κ2) is 6.79. The topological polar surface area (TPSA) is 72.4 Å². The monoisotopic (exact) mass is 201 g/mol. The minimum absolute atomic E-state index is 0.144. The van der Waals surface area contributed by atoms with Crippen LogP contribution in [0.15, 0.2) is 0 Å². The average Bonchev–Trinajstić information content (AvgIpc) is 2.16. The molecular weight excluding hydrogens is 178 g/mol. The van der Waals surface area contributed by atoms with Crippen molar-refractivity contribution >= 4 is 5.91 Å². The number of carbonyl (C=O) groups excluding carboxylic acids is 1. The first kappa shape index (κ1) is 13.4.